The van der Waals surface area contributed by atoms with Crippen LogP contribution in [0.4, 0.5) is 5.13 Å². The summed E-state index contributed by atoms with van der Waals surface area (Å²) >= 11 is 7.35. The molecule has 4 rings (SSSR count). The summed E-state index contributed by atoms with van der Waals surface area (Å²) in [7, 11) is 1.56. The van der Waals surface area contributed by atoms with Crippen LogP contribution in [-0.2, 0) is 17.8 Å². The Morgan fingerprint density at radius 1 is 1.17 bits per heavy atom. The van der Waals surface area contributed by atoms with E-state index < -0.39 is 0 Å². The topological polar surface area (TPSA) is 81.9 Å². The van der Waals surface area contributed by atoms with Gasteiger partial charge in [0.2, 0.25) is 0 Å². The van der Waals surface area contributed by atoms with E-state index >= 15 is 0 Å². The summed E-state index contributed by atoms with van der Waals surface area (Å²) in [4.78, 5) is 18.2. The number of carbonyl (C=O) groups is 1. The molecular weight excluding hydrogens is 422 g/mol. The first-order valence-electron chi connectivity index (χ1n) is 9.13. The second kappa shape index (κ2) is 9.17. The van der Waals surface area contributed by atoms with Crippen LogP contribution in [0.1, 0.15) is 26.6 Å². The van der Waals surface area contributed by atoms with Crippen LogP contribution in [-0.4, -0.2) is 33.0 Å². The molecule has 2 aromatic carbocycles. The van der Waals surface area contributed by atoms with E-state index in [0.29, 0.717) is 22.3 Å². The number of hydrogen-bond donors (Lipinski definition) is 1. The highest BCUT2D eigenvalue weighted by Crippen LogP contribution is 2.23. The lowest BCUT2D eigenvalue weighted by Gasteiger charge is -2.07. The molecule has 0 unspecified atom stereocenters. The van der Waals surface area contributed by atoms with Gasteiger partial charge in [-0.1, -0.05) is 47.1 Å². The van der Waals surface area contributed by atoms with E-state index in [0.717, 1.165) is 16.1 Å². The second-order valence-corrected chi connectivity index (χ2v) is 8.01. The van der Waals surface area contributed by atoms with Crippen LogP contribution in [0.3, 0.4) is 0 Å². The van der Waals surface area contributed by atoms with E-state index in [1.165, 1.54) is 11.3 Å². The van der Waals surface area contributed by atoms with Gasteiger partial charge in [0, 0.05) is 29.6 Å². The Kier molecular flexibility index (Phi) is 6.18. The zero-order valence-electron chi connectivity index (χ0n) is 16.1. The Morgan fingerprint density at radius 2 is 1.93 bits per heavy atom. The van der Waals surface area contributed by atoms with Crippen LogP contribution in [0.25, 0.3) is 5.69 Å². The van der Waals surface area contributed by atoms with Crippen LogP contribution < -0.4 is 5.32 Å². The third-order valence-corrected chi connectivity index (χ3v) is 5.49. The zero-order chi connectivity index (χ0) is 20.9. The third kappa shape index (κ3) is 4.56. The van der Waals surface area contributed by atoms with Crippen molar-refractivity contribution in [3.8, 4) is 5.69 Å². The number of nitrogens with zero attached hydrogens (tertiary/aromatic N) is 4. The van der Waals surface area contributed by atoms with E-state index in [4.69, 9.17) is 16.3 Å². The summed E-state index contributed by atoms with van der Waals surface area (Å²) in [5.41, 5.74) is 2.69. The van der Waals surface area contributed by atoms with E-state index in [1.54, 1.807) is 18.0 Å². The van der Waals surface area contributed by atoms with Gasteiger partial charge in [0.15, 0.2) is 10.8 Å². The molecular formula is C21H18ClN5O2S. The SMILES string of the molecule is COCc1c(C(=O)Nc2ncc(Cc3ccc(Cl)cc3)s2)nnn1-c1ccccc1. The summed E-state index contributed by atoms with van der Waals surface area (Å²) in [6.07, 6.45) is 2.47. The first-order chi connectivity index (χ1) is 14.6. The van der Waals surface area contributed by atoms with Crippen molar-refractivity contribution < 1.29 is 9.53 Å². The molecule has 0 saturated heterocycles. The zero-order valence-corrected chi connectivity index (χ0v) is 17.7. The van der Waals surface area contributed by atoms with Gasteiger partial charge in [-0.15, -0.1) is 16.4 Å². The molecule has 152 valence electrons. The van der Waals surface area contributed by atoms with Gasteiger partial charge in [-0.05, 0) is 29.8 Å². The molecule has 0 radical (unpaired) electrons. The van der Waals surface area contributed by atoms with Crippen molar-refractivity contribution in [1.29, 1.82) is 0 Å². The van der Waals surface area contributed by atoms with Gasteiger partial charge in [0.1, 0.15) is 5.69 Å². The number of hydrogen-bond acceptors (Lipinski definition) is 6. The van der Waals surface area contributed by atoms with Crippen molar-refractivity contribution in [1.82, 2.24) is 20.0 Å². The molecule has 9 heteroatoms. The van der Waals surface area contributed by atoms with Crippen LogP contribution >= 0.6 is 22.9 Å². The molecule has 0 atom stereocenters. The van der Waals surface area contributed by atoms with E-state index in [1.807, 2.05) is 54.6 Å². The van der Waals surface area contributed by atoms with Gasteiger partial charge < -0.3 is 4.74 Å². The summed E-state index contributed by atoms with van der Waals surface area (Å²) in [5, 5.41) is 12.2. The van der Waals surface area contributed by atoms with Gasteiger partial charge in [-0.3, -0.25) is 10.1 Å². The van der Waals surface area contributed by atoms with Crippen LogP contribution in [0, 0.1) is 0 Å². The number of halogens is 1. The molecule has 0 aliphatic heterocycles. The largest absolute Gasteiger partial charge is 0.378 e. The number of ether oxygens (including phenoxy) is 1. The minimum absolute atomic E-state index is 0.199. The lowest BCUT2D eigenvalue weighted by Crippen LogP contribution is -2.15. The molecule has 30 heavy (non-hydrogen) atoms. The Bertz CT molecular complexity index is 1140. The molecule has 0 fully saturated rings. The Labute approximate surface area is 182 Å². The minimum Gasteiger partial charge on any atom is -0.378 e. The second-order valence-electron chi connectivity index (χ2n) is 6.45. The Hall–Kier alpha value is -3.07. The number of anilines is 1. The summed E-state index contributed by atoms with van der Waals surface area (Å²) in [5.74, 6) is -0.378. The maximum absolute atomic E-state index is 12.8. The fourth-order valence-corrected chi connectivity index (χ4v) is 3.90. The molecule has 0 aliphatic rings. The predicted octanol–water partition coefficient (Wildman–Crippen LogP) is 4.37. The van der Waals surface area contributed by atoms with Crippen LogP contribution in [0.5, 0.6) is 0 Å². The molecule has 0 spiro atoms. The van der Waals surface area contributed by atoms with E-state index in [2.05, 4.69) is 20.6 Å². The molecule has 1 N–H and O–H groups in total. The standard InChI is InChI=1S/C21H18ClN5O2S/c1-29-13-18-19(25-26-27(18)16-5-3-2-4-6-16)20(28)24-21-23-12-17(30-21)11-14-7-9-15(22)10-8-14/h2-10,12H,11,13H2,1H3,(H,23,24,28). The molecule has 0 aliphatic carbocycles. The summed E-state index contributed by atoms with van der Waals surface area (Å²) in [6.45, 7) is 0.199. The minimum atomic E-state index is -0.378. The number of aromatic nitrogens is 4. The molecule has 0 bridgehead atoms. The van der Waals surface area contributed by atoms with Crippen molar-refractivity contribution in [2.45, 2.75) is 13.0 Å². The van der Waals surface area contributed by atoms with E-state index in [9.17, 15) is 4.79 Å². The van der Waals surface area contributed by atoms with Gasteiger partial charge in [-0.2, -0.15) is 0 Å². The number of methoxy groups -OCH3 is 1. The average molecular weight is 440 g/mol. The lowest BCUT2D eigenvalue weighted by atomic mass is 10.1. The maximum Gasteiger partial charge on any atom is 0.280 e. The predicted molar refractivity (Wildman–Crippen MR) is 116 cm³/mol. The molecule has 0 saturated carbocycles. The van der Waals surface area contributed by atoms with E-state index in [-0.39, 0.29) is 18.2 Å². The lowest BCUT2D eigenvalue weighted by molar-refractivity contribution is 0.101. The monoisotopic (exact) mass is 439 g/mol. The molecule has 4 aromatic rings. The number of thiazole rings is 1. The van der Waals surface area contributed by atoms with Crippen molar-refractivity contribution in [2.24, 2.45) is 0 Å². The van der Waals surface area contributed by atoms with Crippen LogP contribution in [0.2, 0.25) is 5.02 Å². The Balaban J connectivity index is 1.51. The van der Waals surface area contributed by atoms with Gasteiger partial charge in [0.25, 0.3) is 5.91 Å². The molecule has 1 amide bonds. The number of rotatable bonds is 7. The average Bonchev–Trinajstić information content (AvgIpc) is 3.37. The first kappa shape index (κ1) is 20.2. The van der Waals surface area contributed by atoms with Crippen molar-refractivity contribution in [2.75, 3.05) is 12.4 Å². The van der Waals surface area contributed by atoms with Crippen molar-refractivity contribution in [3.05, 3.63) is 87.6 Å². The maximum atomic E-state index is 12.8. The third-order valence-electron chi connectivity index (χ3n) is 4.33. The van der Waals surface area contributed by atoms with Crippen molar-refractivity contribution >= 4 is 34.0 Å². The van der Waals surface area contributed by atoms with Crippen molar-refractivity contribution in [3.63, 3.8) is 0 Å². The number of benzene rings is 2. The smallest absolute Gasteiger partial charge is 0.280 e. The number of carbonyl (C=O) groups excluding carboxylic acids is 1. The number of amides is 1. The van der Waals surface area contributed by atoms with Gasteiger partial charge >= 0.3 is 0 Å². The molecule has 2 heterocycles. The number of nitrogens with one attached hydrogen (secondary N) is 1. The normalized spacial score (nSPS) is 10.9. The quantitative estimate of drug-likeness (QED) is 0.462. The van der Waals surface area contributed by atoms with Gasteiger partial charge in [0.05, 0.1) is 12.3 Å². The summed E-state index contributed by atoms with van der Waals surface area (Å²) in [6, 6.07) is 17.1. The van der Waals surface area contributed by atoms with Crippen LogP contribution in [0.15, 0.2) is 60.8 Å². The highest BCUT2D eigenvalue weighted by atomic mass is 35.5. The number of para-hydroxylation sites is 1. The fourth-order valence-electron chi connectivity index (χ4n) is 2.93. The highest BCUT2D eigenvalue weighted by Gasteiger charge is 2.21. The Morgan fingerprint density at radius 3 is 2.67 bits per heavy atom. The van der Waals surface area contributed by atoms with Gasteiger partial charge in [-0.25, -0.2) is 9.67 Å². The first-order valence-corrected chi connectivity index (χ1v) is 10.3. The summed E-state index contributed by atoms with van der Waals surface area (Å²) < 4.78 is 6.87. The highest BCUT2D eigenvalue weighted by molar-refractivity contribution is 7.15. The molecule has 2 aromatic heterocycles. The molecule has 7 nitrogen and oxygen atoms in total. The fraction of sp³-hybridized carbons (Fsp3) is 0.143.